The van der Waals surface area contributed by atoms with Crippen molar-refractivity contribution in [3.63, 3.8) is 0 Å². The Bertz CT molecular complexity index is 1570. The van der Waals surface area contributed by atoms with Crippen LogP contribution in [0.1, 0.15) is 76.4 Å². The zero-order valence-corrected chi connectivity index (χ0v) is 27.9. The minimum absolute atomic E-state index is 0.0762. The number of nitrogens with one attached hydrogen (secondary N) is 1. The van der Waals surface area contributed by atoms with Gasteiger partial charge in [0.05, 0.1) is 48.1 Å². The third kappa shape index (κ3) is 5.70. The molecule has 1 amide bonds. The number of rotatable bonds is 4. The fraction of sp³-hybridized carbons (Fsp3) is 0.667. The van der Waals surface area contributed by atoms with E-state index >= 15 is 0 Å². The number of likely N-dealkylation sites (tertiary alicyclic amines) is 1. The number of amides is 1. The maximum Gasteiger partial charge on any atom is 0.410 e. The average molecular weight is 640 g/mol. The summed E-state index contributed by atoms with van der Waals surface area (Å²) in [6, 6.07) is 2.73. The van der Waals surface area contributed by atoms with E-state index in [2.05, 4.69) is 34.8 Å². The molecule has 3 unspecified atom stereocenters. The Hall–Kier alpha value is -2.86. The molecule has 4 fully saturated rings. The van der Waals surface area contributed by atoms with Gasteiger partial charge in [0, 0.05) is 55.0 Å². The molecule has 0 spiro atoms. The molecule has 3 atom stereocenters. The Morgan fingerprint density at radius 1 is 1.07 bits per heavy atom. The zero-order valence-electron chi connectivity index (χ0n) is 27.1. The zero-order chi connectivity index (χ0) is 31.5. The molecule has 11 nitrogen and oxygen atoms in total. The van der Waals surface area contributed by atoms with Crippen LogP contribution in [0.2, 0.25) is 5.02 Å². The number of fused-ring (bicyclic) bond motifs is 2. The van der Waals surface area contributed by atoms with Crippen LogP contribution in [0.25, 0.3) is 22.0 Å². The second-order valence-corrected chi connectivity index (χ2v) is 14.4. The van der Waals surface area contributed by atoms with Gasteiger partial charge >= 0.3 is 6.09 Å². The van der Waals surface area contributed by atoms with Crippen molar-refractivity contribution < 1.29 is 19.0 Å². The summed E-state index contributed by atoms with van der Waals surface area (Å²) in [7, 11) is 0. The molecular formula is C33H46ClN7O4. The highest BCUT2D eigenvalue weighted by Crippen LogP contribution is 2.46. The molecular weight excluding hydrogens is 594 g/mol. The molecule has 6 heterocycles. The van der Waals surface area contributed by atoms with Crippen LogP contribution in [-0.2, 0) is 14.2 Å². The number of nitrogens with zero attached hydrogens (tertiary/aromatic N) is 6. The van der Waals surface area contributed by atoms with Crippen LogP contribution in [0.3, 0.4) is 0 Å². The van der Waals surface area contributed by atoms with E-state index in [1.54, 1.807) is 0 Å². The largest absolute Gasteiger partial charge is 0.444 e. The van der Waals surface area contributed by atoms with Crippen molar-refractivity contribution in [3.8, 4) is 11.1 Å². The van der Waals surface area contributed by atoms with Crippen LogP contribution in [0.15, 0.2) is 12.3 Å². The van der Waals surface area contributed by atoms with Crippen molar-refractivity contribution in [2.24, 2.45) is 0 Å². The molecule has 45 heavy (non-hydrogen) atoms. The number of piperidine rings is 1. The Morgan fingerprint density at radius 3 is 2.60 bits per heavy atom. The van der Waals surface area contributed by atoms with Crippen LogP contribution in [0.4, 0.5) is 10.6 Å². The molecule has 12 heteroatoms. The standard InChI is InChI=1S/C33H46ClN7O4/c1-20-16-25-23(17-36-41(25)27-8-6-7-15-44-27)29(30(20)34)28-21(2)40(22-9-12-38(13-10-22)32(42)45-33(3,4)5)37-31(28)39-14-11-35-24-18-43-19-26(24)39/h16-17,22,24,26-27,35H,6-15,18-19H2,1-5H3. The maximum atomic E-state index is 12.8. The van der Waals surface area contributed by atoms with Crippen LogP contribution < -0.4 is 10.2 Å². The fourth-order valence-corrected chi connectivity index (χ4v) is 7.75. The van der Waals surface area contributed by atoms with E-state index in [1.165, 1.54) is 0 Å². The molecule has 4 aliphatic heterocycles. The molecule has 3 aromatic rings. The molecule has 244 valence electrons. The first kappa shape index (κ1) is 30.8. The van der Waals surface area contributed by atoms with E-state index in [-0.39, 0.29) is 30.4 Å². The summed E-state index contributed by atoms with van der Waals surface area (Å²) < 4.78 is 22.0. The van der Waals surface area contributed by atoms with E-state index in [9.17, 15) is 4.79 Å². The number of anilines is 1. The lowest BCUT2D eigenvalue weighted by Gasteiger charge is -2.38. The Labute approximate surface area is 270 Å². The molecule has 0 bridgehead atoms. The first-order chi connectivity index (χ1) is 21.6. The maximum absolute atomic E-state index is 12.8. The Balaban J connectivity index is 1.31. The van der Waals surface area contributed by atoms with E-state index < -0.39 is 5.60 Å². The van der Waals surface area contributed by atoms with Crippen molar-refractivity contribution >= 4 is 34.4 Å². The monoisotopic (exact) mass is 639 g/mol. The number of aromatic nitrogens is 4. The summed E-state index contributed by atoms with van der Waals surface area (Å²) in [6.07, 6.45) is 6.38. The lowest BCUT2D eigenvalue weighted by atomic mass is 9.97. The SMILES string of the molecule is Cc1cc2c(cnn2C2CCCCO2)c(-c2c(N3CCNC4COCC43)nn(C3CCN(C(=O)OC(C)(C)C)CC3)c2C)c1Cl. The van der Waals surface area contributed by atoms with Crippen molar-refractivity contribution in [1.82, 2.24) is 29.8 Å². The van der Waals surface area contributed by atoms with Crippen molar-refractivity contribution in [2.75, 3.05) is 50.9 Å². The van der Waals surface area contributed by atoms with Crippen LogP contribution >= 0.6 is 11.6 Å². The Morgan fingerprint density at radius 2 is 1.87 bits per heavy atom. The van der Waals surface area contributed by atoms with Crippen LogP contribution in [-0.4, -0.2) is 94.2 Å². The normalized spacial score (nSPS) is 24.8. The molecule has 2 aromatic heterocycles. The Kier molecular flexibility index (Phi) is 8.25. The van der Waals surface area contributed by atoms with Crippen molar-refractivity contribution in [3.05, 3.63) is 28.5 Å². The lowest BCUT2D eigenvalue weighted by Crippen LogP contribution is -2.57. The summed E-state index contributed by atoms with van der Waals surface area (Å²) in [5, 5.41) is 15.7. The average Bonchev–Trinajstić information content (AvgIpc) is 3.75. The smallest absolute Gasteiger partial charge is 0.410 e. The fourth-order valence-electron chi connectivity index (χ4n) is 7.50. The number of hydrogen-bond donors (Lipinski definition) is 1. The number of halogens is 1. The van der Waals surface area contributed by atoms with E-state index in [1.807, 2.05) is 36.5 Å². The number of aryl methyl sites for hydroxylation is 1. The molecule has 7 rings (SSSR count). The third-order valence-corrected chi connectivity index (χ3v) is 10.3. The minimum Gasteiger partial charge on any atom is -0.444 e. The number of ether oxygens (including phenoxy) is 3. The predicted octanol–water partition coefficient (Wildman–Crippen LogP) is 5.62. The highest BCUT2D eigenvalue weighted by atomic mass is 35.5. The van der Waals surface area contributed by atoms with Gasteiger partial charge in [-0.1, -0.05) is 11.6 Å². The lowest BCUT2D eigenvalue weighted by molar-refractivity contribution is -0.0366. The number of carbonyl (C=O) groups excluding carboxylic acids is 1. The second kappa shape index (κ2) is 12.1. The summed E-state index contributed by atoms with van der Waals surface area (Å²) in [6.45, 7) is 15.0. The molecule has 1 N–H and O–H groups in total. The second-order valence-electron chi connectivity index (χ2n) is 14.0. The number of carbonyl (C=O) groups is 1. The number of benzene rings is 1. The highest BCUT2D eigenvalue weighted by Gasteiger charge is 2.40. The number of piperazine rings is 1. The quantitative estimate of drug-likeness (QED) is 0.393. The summed E-state index contributed by atoms with van der Waals surface area (Å²) in [5.74, 6) is 0.944. The molecule has 4 saturated heterocycles. The van der Waals surface area contributed by atoms with Crippen LogP contribution in [0, 0.1) is 13.8 Å². The van der Waals surface area contributed by atoms with Gasteiger partial charge < -0.3 is 29.3 Å². The van der Waals surface area contributed by atoms with Crippen molar-refractivity contribution in [1.29, 1.82) is 0 Å². The topological polar surface area (TPSA) is 98.9 Å². The first-order valence-corrected chi connectivity index (χ1v) is 16.9. The van der Waals surface area contributed by atoms with Gasteiger partial charge in [-0.05, 0) is 78.4 Å². The highest BCUT2D eigenvalue weighted by molar-refractivity contribution is 6.36. The van der Waals surface area contributed by atoms with Gasteiger partial charge in [0.25, 0.3) is 0 Å². The van der Waals surface area contributed by atoms with Gasteiger partial charge in [-0.15, -0.1) is 0 Å². The summed E-state index contributed by atoms with van der Waals surface area (Å²) >= 11 is 7.28. The van der Waals surface area contributed by atoms with Gasteiger partial charge in [-0.25, -0.2) is 9.48 Å². The molecule has 0 aliphatic carbocycles. The molecule has 0 radical (unpaired) electrons. The molecule has 1 aromatic carbocycles. The van der Waals surface area contributed by atoms with E-state index in [4.69, 9.17) is 36.0 Å². The van der Waals surface area contributed by atoms with Crippen molar-refractivity contribution in [2.45, 2.75) is 96.7 Å². The van der Waals surface area contributed by atoms with Gasteiger partial charge in [0.2, 0.25) is 0 Å². The third-order valence-electron chi connectivity index (χ3n) is 9.78. The van der Waals surface area contributed by atoms with E-state index in [0.717, 1.165) is 95.9 Å². The summed E-state index contributed by atoms with van der Waals surface area (Å²) in [5.41, 5.74) is 4.63. The van der Waals surface area contributed by atoms with E-state index in [0.29, 0.717) is 26.3 Å². The first-order valence-electron chi connectivity index (χ1n) is 16.5. The summed E-state index contributed by atoms with van der Waals surface area (Å²) in [4.78, 5) is 17.1. The van der Waals surface area contributed by atoms with Gasteiger partial charge in [0.1, 0.15) is 5.60 Å². The van der Waals surface area contributed by atoms with Crippen LogP contribution in [0.5, 0.6) is 0 Å². The molecule has 0 saturated carbocycles. The number of hydrogen-bond acceptors (Lipinski definition) is 8. The van der Waals surface area contributed by atoms with Gasteiger partial charge in [-0.2, -0.15) is 10.2 Å². The minimum atomic E-state index is -0.517. The van der Waals surface area contributed by atoms with Gasteiger partial charge in [0.15, 0.2) is 12.0 Å². The molecule has 4 aliphatic rings. The van der Waals surface area contributed by atoms with Gasteiger partial charge in [-0.3, -0.25) is 4.68 Å². The predicted molar refractivity (Wildman–Crippen MR) is 174 cm³/mol.